The van der Waals surface area contributed by atoms with Gasteiger partial charge in [-0.05, 0) is 18.2 Å². The zero-order chi connectivity index (χ0) is 11.7. The van der Waals surface area contributed by atoms with Crippen LogP contribution in [0, 0.1) is 0 Å². The number of nitrogens with zero attached hydrogens (tertiary/aromatic N) is 1. The molecule has 5 nitrogen and oxygen atoms in total. The molecule has 0 aliphatic heterocycles. The van der Waals surface area contributed by atoms with Crippen LogP contribution in [0.1, 0.15) is 0 Å². The number of halogens is 2. The van der Waals surface area contributed by atoms with Crippen LogP contribution < -0.4 is 16.9 Å². The van der Waals surface area contributed by atoms with Crippen LogP contribution in [0.4, 0.5) is 0 Å². The van der Waals surface area contributed by atoms with Crippen molar-refractivity contribution in [3.63, 3.8) is 0 Å². The SMILES string of the molecule is Cl.NCCn1c(=O)c(=O)[nH]c2cc(Cl)ccc21. The van der Waals surface area contributed by atoms with E-state index < -0.39 is 11.1 Å². The molecule has 0 unspecified atom stereocenters. The molecule has 17 heavy (non-hydrogen) atoms. The maximum absolute atomic E-state index is 11.6. The van der Waals surface area contributed by atoms with Gasteiger partial charge in [0.2, 0.25) is 0 Å². The van der Waals surface area contributed by atoms with E-state index in [1.807, 2.05) is 0 Å². The molecule has 1 aromatic carbocycles. The summed E-state index contributed by atoms with van der Waals surface area (Å²) in [6.07, 6.45) is 0. The lowest BCUT2D eigenvalue weighted by atomic mass is 10.3. The van der Waals surface area contributed by atoms with E-state index in [1.54, 1.807) is 18.2 Å². The van der Waals surface area contributed by atoms with E-state index in [2.05, 4.69) is 4.98 Å². The van der Waals surface area contributed by atoms with Crippen molar-refractivity contribution in [2.75, 3.05) is 6.54 Å². The summed E-state index contributed by atoms with van der Waals surface area (Å²) in [5.74, 6) is 0. The van der Waals surface area contributed by atoms with Crippen LogP contribution >= 0.6 is 24.0 Å². The first-order valence-corrected chi connectivity index (χ1v) is 5.13. The number of aromatic nitrogens is 2. The Balaban J connectivity index is 0.00000144. The summed E-state index contributed by atoms with van der Waals surface area (Å²) in [5.41, 5.74) is 5.30. The van der Waals surface area contributed by atoms with Gasteiger partial charge in [-0.3, -0.25) is 9.59 Å². The predicted octanol–water partition coefficient (Wildman–Crippen LogP) is 0.724. The monoisotopic (exact) mass is 275 g/mol. The minimum absolute atomic E-state index is 0. The molecule has 0 bridgehead atoms. The largest absolute Gasteiger partial charge is 0.329 e. The van der Waals surface area contributed by atoms with Gasteiger partial charge in [-0.25, -0.2) is 0 Å². The standard InChI is InChI=1S/C10H10ClN3O2.ClH/c11-6-1-2-8-7(5-6)13-9(15)10(16)14(8)4-3-12;/h1-2,5H,3-4,12H2,(H,13,15);1H. The highest BCUT2D eigenvalue weighted by atomic mass is 35.5. The second-order valence-corrected chi connectivity index (χ2v) is 3.80. The summed E-state index contributed by atoms with van der Waals surface area (Å²) in [7, 11) is 0. The first-order chi connectivity index (χ1) is 7.63. The topological polar surface area (TPSA) is 80.9 Å². The lowest BCUT2D eigenvalue weighted by Gasteiger charge is -2.07. The highest BCUT2D eigenvalue weighted by molar-refractivity contribution is 6.31. The molecule has 0 saturated carbocycles. The van der Waals surface area contributed by atoms with Crippen molar-refractivity contribution in [2.45, 2.75) is 6.54 Å². The molecule has 0 aliphatic rings. The summed E-state index contributed by atoms with van der Waals surface area (Å²) in [5, 5.41) is 0.501. The van der Waals surface area contributed by atoms with Gasteiger partial charge in [0.05, 0.1) is 11.0 Å². The average Bonchev–Trinajstić information content (AvgIpc) is 2.24. The Morgan fingerprint density at radius 3 is 2.71 bits per heavy atom. The maximum atomic E-state index is 11.6. The number of benzene rings is 1. The Bertz CT molecular complexity index is 648. The molecular formula is C10H11Cl2N3O2. The number of aromatic amines is 1. The van der Waals surface area contributed by atoms with Gasteiger partial charge in [0.1, 0.15) is 0 Å². The van der Waals surface area contributed by atoms with E-state index in [1.165, 1.54) is 4.57 Å². The molecule has 0 spiro atoms. The van der Waals surface area contributed by atoms with Crippen molar-refractivity contribution in [1.29, 1.82) is 0 Å². The van der Waals surface area contributed by atoms with Gasteiger partial charge in [0.15, 0.2) is 0 Å². The Kier molecular flexibility index (Phi) is 4.34. The molecule has 3 N–H and O–H groups in total. The summed E-state index contributed by atoms with van der Waals surface area (Å²) >= 11 is 5.81. The van der Waals surface area contributed by atoms with Crippen molar-refractivity contribution >= 4 is 35.0 Å². The van der Waals surface area contributed by atoms with Gasteiger partial charge in [-0.15, -0.1) is 12.4 Å². The van der Waals surface area contributed by atoms with Gasteiger partial charge >= 0.3 is 11.1 Å². The zero-order valence-electron chi connectivity index (χ0n) is 8.77. The summed E-state index contributed by atoms with van der Waals surface area (Å²) in [4.78, 5) is 25.4. The van der Waals surface area contributed by atoms with E-state index in [-0.39, 0.29) is 12.4 Å². The molecule has 0 amide bonds. The highest BCUT2D eigenvalue weighted by Crippen LogP contribution is 2.14. The van der Waals surface area contributed by atoms with Crippen LogP contribution in [-0.2, 0) is 6.54 Å². The van der Waals surface area contributed by atoms with Gasteiger partial charge in [-0.2, -0.15) is 0 Å². The van der Waals surface area contributed by atoms with Crippen molar-refractivity contribution in [3.05, 3.63) is 43.9 Å². The van der Waals surface area contributed by atoms with Crippen LogP contribution in [0.25, 0.3) is 11.0 Å². The van der Waals surface area contributed by atoms with Crippen LogP contribution in [0.5, 0.6) is 0 Å². The van der Waals surface area contributed by atoms with Crippen molar-refractivity contribution in [2.24, 2.45) is 5.73 Å². The van der Waals surface area contributed by atoms with Gasteiger partial charge in [-0.1, -0.05) is 11.6 Å². The fraction of sp³-hybridized carbons (Fsp3) is 0.200. The number of fused-ring (bicyclic) bond motifs is 1. The smallest absolute Gasteiger partial charge is 0.316 e. The lowest BCUT2D eigenvalue weighted by Crippen LogP contribution is -2.37. The Hall–Kier alpha value is -1.30. The van der Waals surface area contributed by atoms with Crippen LogP contribution in [0.15, 0.2) is 27.8 Å². The number of hydrogen-bond donors (Lipinski definition) is 2. The maximum Gasteiger partial charge on any atom is 0.316 e. The number of nitrogens with two attached hydrogens (primary N) is 1. The molecule has 2 aromatic rings. The molecule has 1 heterocycles. The van der Waals surface area contributed by atoms with Gasteiger partial charge < -0.3 is 15.3 Å². The Morgan fingerprint density at radius 1 is 1.35 bits per heavy atom. The van der Waals surface area contributed by atoms with E-state index in [0.29, 0.717) is 29.1 Å². The van der Waals surface area contributed by atoms with Gasteiger partial charge in [0.25, 0.3) is 0 Å². The quantitative estimate of drug-likeness (QED) is 0.793. The number of rotatable bonds is 2. The molecular weight excluding hydrogens is 265 g/mol. The summed E-state index contributed by atoms with van der Waals surface area (Å²) < 4.78 is 1.35. The molecule has 0 atom stereocenters. The molecule has 7 heteroatoms. The van der Waals surface area contributed by atoms with E-state index in [9.17, 15) is 9.59 Å². The minimum atomic E-state index is -0.664. The predicted molar refractivity (Wildman–Crippen MR) is 70.1 cm³/mol. The van der Waals surface area contributed by atoms with Crippen molar-refractivity contribution in [1.82, 2.24) is 9.55 Å². The normalized spacial score (nSPS) is 10.2. The molecule has 2 rings (SSSR count). The Labute approximate surface area is 108 Å². The lowest BCUT2D eigenvalue weighted by molar-refractivity contribution is 0.696. The first kappa shape index (κ1) is 13.8. The molecule has 0 saturated heterocycles. The molecule has 0 aliphatic carbocycles. The summed E-state index contributed by atoms with van der Waals surface area (Å²) in [6, 6.07) is 4.95. The van der Waals surface area contributed by atoms with E-state index >= 15 is 0 Å². The van der Waals surface area contributed by atoms with E-state index in [4.69, 9.17) is 17.3 Å². The zero-order valence-corrected chi connectivity index (χ0v) is 10.3. The summed E-state index contributed by atoms with van der Waals surface area (Å²) in [6.45, 7) is 0.599. The molecule has 0 fully saturated rings. The third kappa shape index (κ3) is 2.52. The fourth-order valence-electron chi connectivity index (χ4n) is 1.60. The minimum Gasteiger partial charge on any atom is -0.329 e. The molecule has 92 valence electrons. The second-order valence-electron chi connectivity index (χ2n) is 3.36. The van der Waals surface area contributed by atoms with Crippen LogP contribution in [0.3, 0.4) is 0 Å². The number of nitrogens with one attached hydrogen (secondary N) is 1. The highest BCUT2D eigenvalue weighted by Gasteiger charge is 2.06. The third-order valence-electron chi connectivity index (χ3n) is 2.29. The molecule has 1 aromatic heterocycles. The van der Waals surface area contributed by atoms with Crippen LogP contribution in [0.2, 0.25) is 5.02 Å². The first-order valence-electron chi connectivity index (χ1n) is 4.76. The second kappa shape index (κ2) is 5.35. The van der Waals surface area contributed by atoms with Crippen molar-refractivity contribution < 1.29 is 0 Å². The van der Waals surface area contributed by atoms with E-state index in [0.717, 1.165) is 0 Å². The van der Waals surface area contributed by atoms with Crippen LogP contribution in [-0.4, -0.2) is 16.1 Å². The number of H-pyrrole nitrogens is 1. The third-order valence-corrected chi connectivity index (χ3v) is 2.52. The van der Waals surface area contributed by atoms with Crippen molar-refractivity contribution in [3.8, 4) is 0 Å². The van der Waals surface area contributed by atoms with Gasteiger partial charge in [0, 0.05) is 18.1 Å². The Morgan fingerprint density at radius 2 is 2.06 bits per heavy atom. The molecule has 0 radical (unpaired) electrons. The number of hydrogen-bond acceptors (Lipinski definition) is 3. The fourth-order valence-corrected chi connectivity index (χ4v) is 1.77. The average molecular weight is 276 g/mol.